The van der Waals surface area contributed by atoms with Crippen LogP contribution >= 0.6 is 0 Å². The fourth-order valence-electron chi connectivity index (χ4n) is 1.58. The van der Waals surface area contributed by atoms with E-state index in [9.17, 15) is 9.59 Å². The van der Waals surface area contributed by atoms with Crippen LogP contribution in [0.2, 0.25) is 0 Å². The first kappa shape index (κ1) is 12.0. The summed E-state index contributed by atoms with van der Waals surface area (Å²) in [7, 11) is 1.63. The summed E-state index contributed by atoms with van der Waals surface area (Å²) < 4.78 is 4.87. The highest BCUT2D eigenvalue weighted by atomic mass is 16.5. The maximum atomic E-state index is 11.6. The molecule has 86 valence electrons. The van der Waals surface area contributed by atoms with Gasteiger partial charge in [-0.1, -0.05) is 0 Å². The van der Waals surface area contributed by atoms with Gasteiger partial charge in [-0.25, -0.2) is 0 Å². The molecule has 1 saturated heterocycles. The standard InChI is InChI=1S/C10H18N2O3/c1-15-6-2-4-12-10(14)8-3-5-11-9(13)7-8/h8H,2-7H2,1H3,(H,11,13)(H,12,14). The van der Waals surface area contributed by atoms with Crippen LogP contribution in [0.4, 0.5) is 0 Å². The second kappa shape index (κ2) is 6.40. The lowest BCUT2D eigenvalue weighted by molar-refractivity contribution is -0.132. The van der Waals surface area contributed by atoms with Gasteiger partial charge in [-0.15, -0.1) is 0 Å². The average Bonchev–Trinajstić information content (AvgIpc) is 2.24. The van der Waals surface area contributed by atoms with Crippen molar-refractivity contribution in [3.05, 3.63) is 0 Å². The van der Waals surface area contributed by atoms with Gasteiger partial charge < -0.3 is 15.4 Å². The lowest BCUT2D eigenvalue weighted by Crippen LogP contribution is -2.41. The largest absolute Gasteiger partial charge is 0.385 e. The van der Waals surface area contributed by atoms with Gasteiger partial charge in [0.15, 0.2) is 0 Å². The van der Waals surface area contributed by atoms with Gasteiger partial charge in [0.05, 0.1) is 0 Å². The molecule has 0 aromatic heterocycles. The van der Waals surface area contributed by atoms with Crippen LogP contribution < -0.4 is 10.6 Å². The first-order valence-corrected chi connectivity index (χ1v) is 5.27. The second-order valence-electron chi connectivity index (χ2n) is 3.68. The van der Waals surface area contributed by atoms with E-state index < -0.39 is 0 Å². The van der Waals surface area contributed by atoms with E-state index in [-0.39, 0.29) is 17.7 Å². The van der Waals surface area contributed by atoms with E-state index >= 15 is 0 Å². The molecule has 1 aliphatic heterocycles. The molecule has 0 saturated carbocycles. The molecule has 0 aromatic carbocycles. The summed E-state index contributed by atoms with van der Waals surface area (Å²) in [5.41, 5.74) is 0. The molecular formula is C10H18N2O3. The summed E-state index contributed by atoms with van der Waals surface area (Å²) in [4.78, 5) is 22.6. The SMILES string of the molecule is COCCCNC(=O)C1CCNC(=O)C1. The molecule has 0 spiro atoms. The molecule has 2 amide bonds. The number of hydrogen-bond donors (Lipinski definition) is 2. The first-order valence-electron chi connectivity index (χ1n) is 5.27. The molecule has 1 aliphatic rings. The Bertz CT molecular complexity index is 231. The van der Waals surface area contributed by atoms with Gasteiger partial charge in [0.1, 0.15) is 0 Å². The fraction of sp³-hybridized carbons (Fsp3) is 0.800. The molecule has 1 heterocycles. The maximum absolute atomic E-state index is 11.6. The van der Waals surface area contributed by atoms with Crippen LogP contribution in [0, 0.1) is 5.92 Å². The topological polar surface area (TPSA) is 67.4 Å². The maximum Gasteiger partial charge on any atom is 0.223 e. The Kier molecular flexibility index (Phi) is 5.10. The van der Waals surface area contributed by atoms with Gasteiger partial charge in [0.25, 0.3) is 0 Å². The smallest absolute Gasteiger partial charge is 0.223 e. The van der Waals surface area contributed by atoms with Gasteiger partial charge in [-0.05, 0) is 12.8 Å². The molecule has 1 atom stereocenters. The van der Waals surface area contributed by atoms with Crippen molar-refractivity contribution in [1.29, 1.82) is 0 Å². The van der Waals surface area contributed by atoms with E-state index in [4.69, 9.17) is 4.74 Å². The molecule has 0 radical (unpaired) electrons. The Balaban J connectivity index is 2.18. The quantitative estimate of drug-likeness (QED) is 0.615. The predicted octanol–water partition coefficient (Wildman–Crippen LogP) is -0.335. The zero-order valence-corrected chi connectivity index (χ0v) is 9.04. The van der Waals surface area contributed by atoms with E-state index in [1.54, 1.807) is 7.11 Å². The Labute approximate surface area is 89.6 Å². The number of rotatable bonds is 5. The van der Waals surface area contributed by atoms with Crippen molar-refractivity contribution >= 4 is 11.8 Å². The van der Waals surface area contributed by atoms with Crippen molar-refractivity contribution in [2.24, 2.45) is 5.92 Å². The number of carbonyl (C=O) groups is 2. The van der Waals surface area contributed by atoms with Crippen molar-refractivity contribution in [2.45, 2.75) is 19.3 Å². The third-order valence-corrected chi connectivity index (χ3v) is 2.44. The lowest BCUT2D eigenvalue weighted by Gasteiger charge is -2.21. The number of piperidine rings is 1. The van der Waals surface area contributed by atoms with Crippen molar-refractivity contribution in [3.63, 3.8) is 0 Å². The van der Waals surface area contributed by atoms with Crippen molar-refractivity contribution in [2.75, 3.05) is 26.8 Å². The minimum absolute atomic E-state index is 0.0130. The molecule has 0 aliphatic carbocycles. The third kappa shape index (κ3) is 4.29. The average molecular weight is 214 g/mol. The van der Waals surface area contributed by atoms with E-state index in [2.05, 4.69) is 10.6 Å². The molecule has 0 aromatic rings. The molecular weight excluding hydrogens is 196 g/mol. The van der Waals surface area contributed by atoms with Crippen LogP contribution in [-0.2, 0) is 14.3 Å². The van der Waals surface area contributed by atoms with Crippen LogP contribution in [0.15, 0.2) is 0 Å². The van der Waals surface area contributed by atoms with E-state index in [1.165, 1.54) is 0 Å². The Morgan fingerprint density at radius 1 is 1.67 bits per heavy atom. The van der Waals surface area contributed by atoms with Crippen LogP contribution in [0.5, 0.6) is 0 Å². The highest BCUT2D eigenvalue weighted by Gasteiger charge is 2.24. The minimum atomic E-state index is -0.152. The number of amides is 2. The highest BCUT2D eigenvalue weighted by Crippen LogP contribution is 2.12. The van der Waals surface area contributed by atoms with E-state index in [1.807, 2.05) is 0 Å². The van der Waals surface area contributed by atoms with Gasteiger partial charge in [-0.3, -0.25) is 9.59 Å². The van der Waals surface area contributed by atoms with E-state index in [0.29, 0.717) is 26.1 Å². The van der Waals surface area contributed by atoms with Crippen LogP contribution in [0.3, 0.4) is 0 Å². The normalized spacial score (nSPS) is 20.9. The van der Waals surface area contributed by atoms with E-state index in [0.717, 1.165) is 12.8 Å². The Morgan fingerprint density at radius 2 is 2.47 bits per heavy atom. The number of carbonyl (C=O) groups excluding carboxylic acids is 2. The van der Waals surface area contributed by atoms with Gasteiger partial charge in [0.2, 0.25) is 11.8 Å². The number of hydrogen-bond acceptors (Lipinski definition) is 3. The Morgan fingerprint density at radius 3 is 3.13 bits per heavy atom. The van der Waals surface area contributed by atoms with Crippen molar-refractivity contribution < 1.29 is 14.3 Å². The fourth-order valence-corrected chi connectivity index (χ4v) is 1.58. The molecule has 5 heteroatoms. The number of methoxy groups -OCH3 is 1. The summed E-state index contributed by atoms with van der Waals surface area (Å²) in [6, 6.07) is 0. The summed E-state index contributed by atoms with van der Waals surface area (Å²) in [6.45, 7) is 1.87. The van der Waals surface area contributed by atoms with Crippen LogP contribution in [0.25, 0.3) is 0 Å². The monoisotopic (exact) mass is 214 g/mol. The molecule has 1 unspecified atom stereocenters. The second-order valence-corrected chi connectivity index (χ2v) is 3.68. The van der Waals surface area contributed by atoms with Gasteiger partial charge in [-0.2, -0.15) is 0 Å². The van der Waals surface area contributed by atoms with Gasteiger partial charge >= 0.3 is 0 Å². The molecule has 0 bridgehead atoms. The van der Waals surface area contributed by atoms with Crippen LogP contribution in [-0.4, -0.2) is 38.6 Å². The summed E-state index contributed by atoms with van der Waals surface area (Å²) in [5, 5.41) is 5.51. The zero-order chi connectivity index (χ0) is 11.1. The molecule has 5 nitrogen and oxygen atoms in total. The minimum Gasteiger partial charge on any atom is -0.385 e. The third-order valence-electron chi connectivity index (χ3n) is 2.44. The molecule has 1 rings (SSSR count). The summed E-state index contributed by atoms with van der Waals surface area (Å²) in [6.07, 6.45) is 1.86. The zero-order valence-electron chi connectivity index (χ0n) is 9.04. The lowest BCUT2D eigenvalue weighted by atomic mass is 9.97. The molecule has 2 N–H and O–H groups in total. The Hall–Kier alpha value is -1.10. The first-order chi connectivity index (χ1) is 7.24. The summed E-state index contributed by atoms with van der Waals surface area (Å²) >= 11 is 0. The molecule has 15 heavy (non-hydrogen) atoms. The summed E-state index contributed by atoms with van der Waals surface area (Å²) in [5.74, 6) is -0.194. The van der Waals surface area contributed by atoms with Crippen molar-refractivity contribution in [1.82, 2.24) is 10.6 Å². The van der Waals surface area contributed by atoms with Gasteiger partial charge in [0, 0.05) is 39.1 Å². The predicted molar refractivity (Wildman–Crippen MR) is 55.2 cm³/mol. The number of ether oxygens (including phenoxy) is 1. The van der Waals surface area contributed by atoms with Crippen LogP contribution in [0.1, 0.15) is 19.3 Å². The highest BCUT2D eigenvalue weighted by molar-refractivity contribution is 5.86. The van der Waals surface area contributed by atoms with Crippen molar-refractivity contribution in [3.8, 4) is 0 Å². The molecule has 1 fully saturated rings. The number of nitrogens with one attached hydrogen (secondary N) is 2.